The molecule has 0 bridgehead atoms. The summed E-state index contributed by atoms with van der Waals surface area (Å²) in [4.78, 5) is 14.7. The number of piperidine rings is 1. The number of carbonyl (C=O) groups excluding carboxylic acids is 1. The third-order valence-electron chi connectivity index (χ3n) is 6.56. The number of aliphatic hydroxyl groups excluding tert-OH is 2. The smallest absolute Gasteiger partial charge is 0.311 e. The Bertz CT molecular complexity index is 884. The van der Waals surface area contributed by atoms with Gasteiger partial charge in [-0.2, -0.15) is 0 Å². The van der Waals surface area contributed by atoms with Gasteiger partial charge >= 0.3 is 5.97 Å². The minimum atomic E-state index is -0.560. The molecule has 0 radical (unpaired) electrons. The van der Waals surface area contributed by atoms with Gasteiger partial charge in [0.25, 0.3) is 0 Å². The summed E-state index contributed by atoms with van der Waals surface area (Å²) in [7, 11) is 1.37. The molecule has 1 aromatic carbocycles. The van der Waals surface area contributed by atoms with Gasteiger partial charge in [-0.1, -0.05) is 29.8 Å². The van der Waals surface area contributed by atoms with Gasteiger partial charge in [0.05, 0.1) is 31.2 Å². The molecule has 1 saturated heterocycles. The fourth-order valence-electron chi connectivity index (χ4n) is 5.21. The molecule has 1 aromatic heterocycles. The molecule has 0 aliphatic carbocycles. The second kappa shape index (κ2) is 7.70. The standard InChI is InChI=1S/C22H28N2O4/c1-3-14-11-23-9-8-16-15-6-4-5-7-19(15)24(13-26)21(16)20(23)10-17(14)18(12-25)22(27)28-2/h3-7,17-18,20,25-26H,8-13H2,1-2H3/b14-3-/t17-,18-,20-/m0/s1. The predicted octanol–water partition coefficient (Wildman–Crippen LogP) is 2.24. The molecule has 0 spiro atoms. The van der Waals surface area contributed by atoms with Crippen molar-refractivity contribution >= 4 is 16.9 Å². The van der Waals surface area contributed by atoms with Crippen molar-refractivity contribution in [3.63, 3.8) is 0 Å². The second-order valence-electron chi connectivity index (χ2n) is 7.70. The van der Waals surface area contributed by atoms with Crippen molar-refractivity contribution in [2.75, 3.05) is 26.8 Å². The Balaban J connectivity index is 1.80. The number of para-hydroxylation sites is 1. The van der Waals surface area contributed by atoms with Crippen LogP contribution in [0.4, 0.5) is 0 Å². The van der Waals surface area contributed by atoms with Crippen LogP contribution in [0.5, 0.6) is 0 Å². The lowest BCUT2D eigenvalue weighted by Crippen LogP contribution is -2.46. The molecule has 3 atom stereocenters. The first-order valence-electron chi connectivity index (χ1n) is 9.93. The summed E-state index contributed by atoms with van der Waals surface area (Å²) < 4.78 is 6.97. The van der Waals surface area contributed by atoms with Crippen molar-refractivity contribution < 1.29 is 19.7 Å². The van der Waals surface area contributed by atoms with Crippen LogP contribution in [0.25, 0.3) is 10.9 Å². The summed E-state index contributed by atoms with van der Waals surface area (Å²) in [6, 6.07) is 8.32. The van der Waals surface area contributed by atoms with E-state index in [0.717, 1.165) is 37.1 Å². The molecular formula is C22H28N2O4. The molecule has 2 aliphatic heterocycles. The first-order chi connectivity index (χ1) is 13.6. The zero-order chi connectivity index (χ0) is 19.8. The van der Waals surface area contributed by atoms with Gasteiger partial charge in [-0.05, 0) is 37.3 Å². The molecule has 2 N–H and O–H groups in total. The van der Waals surface area contributed by atoms with E-state index in [1.807, 2.05) is 23.6 Å². The molecular weight excluding hydrogens is 356 g/mol. The van der Waals surface area contributed by atoms with Crippen molar-refractivity contribution in [3.05, 3.63) is 47.2 Å². The Morgan fingerprint density at radius 2 is 2.14 bits per heavy atom. The number of allylic oxidation sites excluding steroid dienone is 1. The van der Waals surface area contributed by atoms with E-state index in [4.69, 9.17) is 4.74 Å². The molecule has 2 aromatic rings. The topological polar surface area (TPSA) is 74.9 Å². The summed E-state index contributed by atoms with van der Waals surface area (Å²) in [5, 5.41) is 21.2. The highest BCUT2D eigenvalue weighted by Crippen LogP contribution is 2.46. The summed E-state index contributed by atoms with van der Waals surface area (Å²) in [5.74, 6) is -0.991. The van der Waals surface area contributed by atoms with E-state index >= 15 is 0 Å². The van der Waals surface area contributed by atoms with E-state index < -0.39 is 5.92 Å². The average molecular weight is 384 g/mol. The number of ether oxygens (including phenoxy) is 1. The Hall–Kier alpha value is -2.15. The van der Waals surface area contributed by atoms with E-state index in [2.05, 4.69) is 23.1 Å². The van der Waals surface area contributed by atoms with Gasteiger partial charge in [0.2, 0.25) is 0 Å². The minimum absolute atomic E-state index is 0.0677. The van der Waals surface area contributed by atoms with Crippen LogP contribution in [0.3, 0.4) is 0 Å². The Morgan fingerprint density at radius 1 is 1.36 bits per heavy atom. The third-order valence-corrected chi connectivity index (χ3v) is 6.56. The minimum Gasteiger partial charge on any atom is -0.469 e. The normalized spacial score (nSPS) is 24.8. The Morgan fingerprint density at radius 3 is 2.82 bits per heavy atom. The van der Waals surface area contributed by atoms with Crippen LogP contribution in [-0.4, -0.2) is 52.5 Å². The van der Waals surface area contributed by atoms with Gasteiger partial charge < -0.3 is 19.5 Å². The van der Waals surface area contributed by atoms with E-state index in [1.165, 1.54) is 23.6 Å². The van der Waals surface area contributed by atoms with Crippen LogP contribution < -0.4 is 0 Å². The fourth-order valence-corrected chi connectivity index (χ4v) is 5.21. The molecule has 2 aliphatic rings. The van der Waals surface area contributed by atoms with Gasteiger partial charge in [0.15, 0.2) is 0 Å². The van der Waals surface area contributed by atoms with Gasteiger partial charge in [-0.15, -0.1) is 0 Å². The van der Waals surface area contributed by atoms with Crippen molar-refractivity contribution in [1.82, 2.24) is 9.47 Å². The first kappa shape index (κ1) is 19.2. The molecule has 0 unspecified atom stereocenters. The number of nitrogens with zero attached hydrogens (tertiary/aromatic N) is 2. The predicted molar refractivity (Wildman–Crippen MR) is 107 cm³/mol. The zero-order valence-electron chi connectivity index (χ0n) is 16.5. The van der Waals surface area contributed by atoms with Gasteiger partial charge in [0, 0.05) is 24.2 Å². The maximum atomic E-state index is 12.3. The molecule has 6 nitrogen and oxygen atoms in total. The third kappa shape index (κ3) is 2.87. The molecule has 1 fully saturated rings. The van der Waals surface area contributed by atoms with E-state index in [0.29, 0.717) is 0 Å². The Labute approximate surface area is 165 Å². The number of hydrogen-bond acceptors (Lipinski definition) is 5. The Kier molecular flexibility index (Phi) is 5.27. The van der Waals surface area contributed by atoms with Gasteiger partial charge in [0.1, 0.15) is 6.73 Å². The summed E-state index contributed by atoms with van der Waals surface area (Å²) >= 11 is 0. The number of esters is 1. The average Bonchev–Trinajstić information content (AvgIpc) is 3.07. The highest BCUT2D eigenvalue weighted by molar-refractivity contribution is 5.86. The SMILES string of the molecule is C/C=C1/CN2CCc3c(n(CO)c4ccccc34)[C@@H]2C[C@@H]1[C@H](CO)C(=O)OC. The van der Waals surface area contributed by atoms with Crippen LogP contribution in [0.15, 0.2) is 35.9 Å². The number of aromatic nitrogens is 1. The van der Waals surface area contributed by atoms with Crippen molar-refractivity contribution in [2.24, 2.45) is 11.8 Å². The summed E-state index contributed by atoms with van der Waals surface area (Å²) in [6.45, 7) is 3.42. The van der Waals surface area contributed by atoms with Crippen LogP contribution in [0, 0.1) is 11.8 Å². The number of hydrogen-bond donors (Lipinski definition) is 2. The maximum absolute atomic E-state index is 12.3. The summed E-state index contributed by atoms with van der Waals surface area (Å²) in [5.41, 5.74) is 4.68. The van der Waals surface area contributed by atoms with E-state index in [-0.39, 0.29) is 31.3 Å². The monoisotopic (exact) mass is 384 g/mol. The molecule has 0 saturated carbocycles. The number of rotatable bonds is 4. The number of methoxy groups -OCH3 is 1. The van der Waals surface area contributed by atoms with Crippen LogP contribution in [-0.2, 0) is 22.7 Å². The molecule has 4 rings (SSSR count). The number of fused-ring (bicyclic) bond motifs is 5. The molecule has 150 valence electrons. The molecule has 0 amide bonds. The largest absolute Gasteiger partial charge is 0.469 e. The fraction of sp³-hybridized carbons (Fsp3) is 0.500. The quantitative estimate of drug-likeness (QED) is 0.625. The highest BCUT2D eigenvalue weighted by Gasteiger charge is 2.43. The van der Waals surface area contributed by atoms with Crippen molar-refractivity contribution in [1.29, 1.82) is 0 Å². The van der Waals surface area contributed by atoms with E-state index in [9.17, 15) is 15.0 Å². The molecule has 6 heteroatoms. The lowest BCUT2D eigenvalue weighted by atomic mass is 9.75. The lowest BCUT2D eigenvalue weighted by molar-refractivity contribution is -0.149. The molecule has 3 heterocycles. The van der Waals surface area contributed by atoms with Gasteiger partial charge in [-0.3, -0.25) is 9.69 Å². The van der Waals surface area contributed by atoms with Crippen LogP contribution >= 0.6 is 0 Å². The lowest BCUT2D eigenvalue weighted by Gasteiger charge is -2.45. The van der Waals surface area contributed by atoms with Crippen LogP contribution in [0.2, 0.25) is 0 Å². The maximum Gasteiger partial charge on any atom is 0.311 e. The second-order valence-corrected chi connectivity index (χ2v) is 7.70. The molecule has 28 heavy (non-hydrogen) atoms. The van der Waals surface area contributed by atoms with E-state index in [1.54, 1.807) is 0 Å². The number of carbonyl (C=O) groups is 1. The number of benzene rings is 1. The van der Waals surface area contributed by atoms with Crippen LogP contribution in [0.1, 0.15) is 30.6 Å². The zero-order valence-corrected chi connectivity index (χ0v) is 16.5. The van der Waals surface area contributed by atoms with Crippen molar-refractivity contribution in [3.8, 4) is 0 Å². The number of aliphatic hydroxyl groups is 2. The first-order valence-corrected chi connectivity index (χ1v) is 9.93. The summed E-state index contributed by atoms with van der Waals surface area (Å²) in [6.07, 6.45) is 3.74. The van der Waals surface area contributed by atoms with Gasteiger partial charge in [-0.25, -0.2) is 0 Å². The van der Waals surface area contributed by atoms with Crippen molar-refractivity contribution in [2.45, 2.75) is 32.5 Å². The highest BCUT2D eigenvalue weighted by atomic mass is 16.5.